The van der Waals surface area contributed by atoms with E-state index in [0.29, 0.717) is 24.0 Å². The number of amides is 1. The van der Waals surface area contributed by atoms with Gasteiger partial charge in [-0.2, -0.15) is 4.98 Å². The number of hydrogen-bond acceptors (Lipinski definition) is 5. The van der Waals surface area contributed by atoms with Crippen LogP contribution in [0.5, 0.6) is 0 Å². The van der Waals surface area contributed by atoms with E-state index in [1.54, 1.807) is 6.92 Å². The van der Waals surface area contributed by atoms with Gasteiger partial charge in [0.2, 0.25) is 5.89 Å². The van der Waals surface area contributed by atoms with Gasteiger partial charge < -0.3 is 14.7 Å². The Labute approximate surface area is 118 Å². The van der Waals surface area contributed by atoms with Gasteiger partial charge >= 0.3 is 0 Å². The van der Waals surface area contributed by atoms with Gasteiger partial charge in [-0.05, 0) is 32.1 Å². The van der Waals surface area contributed by atoms with E-state index in [2.05, 4.69) is 22.4 Å². The molecule has 2 bridgehead atoms. The molecule has 2 aliphatic rings. The monoisotopic (exact) mass is 278 g/mol. The first-order valence-corrected chi connectivity index (χ1v) is 7.54. The maximum atomic E-state index is 12.6. The molecule has 3 rings (SSSR count). The molecule has 2 saturated heterocycles. The topological polar surface area (TPSA) is 71.3 Å². The minimum Gasteiger partial charge on any atom is -0.339 e. The SMILES string of the molecule is CCCN(C(=O)c1noc(C)n1)C1CC2CCC(C1)N2. The first-order valence-electron chi connectivity index (χ1n) is 7.54. The standard InChI is InChI=1S/C14H22N4O2/c1-3-6-18(14(19)13-15-9(2)20-17-13)12-7-10-4-5-11(8-12)16-10/h10-12,16H,3-8H2,1-2H3. The molecule has 1 amide bonds. The lowest BCUT2D eigenvalue weighted by Crippen LogP contribution is -2.50. The second-order valence-corrected chi connectivity index (χ2v) is 5.90. The number of fused-ring (bicyclic) bond motifs is 2. The molecule has 0 aromatic carbocycles. The smallest absolute Gasteiger partial charge is 0.295 e. The Hall–Kier alpha value is -1.43. The van der Waals surface area contributed by atoms with Crippen LogP contribution in [0.2, 0.25) is 0 Å². The Balaban J connectivity index is 1.76. The number of carbonyl (C=O) groups is 1. The molecule has 20 heavy (non-hydrogen) atoms. The van der Waals surface area contributed by atoms with Crippen LogP contribution in [0.3, 0.4) is 0 Å². The molecule has 2 unspecified atom stereocenters. The molecule has 1 aromatic rings. The van der Waals surface area contributed by atoms with Crippen LogP contribution in [0.4, 0.5) is 0 Å². The van der Waals surface area contributed by atoms with Crippen molar-refractivity contribution in [3.8, 4) is 0 Å². The van der Waals surface area contributed by atoms with Crippen molar-refractivity contribution < 1.29 is 9.32 Å². The molecule has 0 radical (unpaired) electrons. The fourth-order valence-electron chi connectivity index (χ4n) is 3.49. The van der Waals surface area contributed by atoms with E-state index in [1.165, 1.54) is 12.8 Å². The lowest BCUT2D eigenvalue weighted by Gasteiger charge is -2.37. The predicted octanol–water partition coefficient (Wildman–Crippen LogP) is 1.51. The average Bonchev–Trinajstić information content (AvgIpc) is 3.01. The largest absolute Gasteiger partial charge is 0.339 e. The highest BCUT2D eigenvalue weighted by molar-refractivity contribution is 5.90. The molecule has 110 valence electrons. The second kappa shape index (κ2) is 5.52. The fraction of sp³-hybridized carbons (Fsp3) is 0.786. The third kappa shape index (κ3) is 2.57. The molecule has 0 saturated carbocycles. The summed E-state index contributed by atoms with van der Waals surface area (Å²) in [6, 6.07) is 1.44. The average molecular weight is 278 g/mol. The highest BCUT2D eigenvalue weighted by Gasteiger charge is 2.38. The van der Waals surface area contributed by atoms with Crippen LogP contribution in [0.25, 0.3) is 0 Å². The number of carbonyl (C=O) groups excluding carboxylic acids is 1. The van der Waals surface area contributed by atoms with E-state index in [4.69, 9.17) is 4.52 Å². The van der Waals surface area contributed by atoms with Crippen LogP contribution in [0.15, 0.2) is 4.52 Å². The molecule has 2 aliphatic heterocycles. The normalized spacial score (nSPS) is 28.6. The molecular formula is C14H22N4O2. The van der Waals surface area contributed by atoms with Crippen LogP contribution in [-0.4, -0.2) is 45.6 Å². The van der Waals surface area contributed by atoms with Gasteiger partial charge in [0.15, 0.2) is 0 Å². The molecule has 6 heteroatoms. The molecule has 1 aromatic heterocycles. The zero-order valence-corrected chi connectivity index (χ0v) is 12.1. The van der Waals surface area contributed by atoms with E-state index in [-0.39, 0.29) is 11.7 Å². The quantitative estimate of drug-likeness (QED) is 0.904. The van der Waals surface area contributed by atoms with Crippen molar-refractivity contribution in [3.63, 3.8) is 0 Å². The van der Waals surface area contributed by atoms with Gasteiger partial charge in [-0.15, -0.1) is 0 Å². The van der Waals surface area contributed by atoms with E-state index < -0.39 is 0 Å². The van der Waals surface area contributed by atoms with Gasteiger partial charge in [0, 0.05) is 31.6 Å². The Kier molecular flexibility index (Phi) is 3.74. The first kappa shape index (κ1) is 13.5. The van der Waals surface area contributed by atoms with Crippen molar-refractivity contribution in [2.75, 3.05) is 6.54 Å². The van der Waals surface area contributed by atoms with Gasteiger partial charge in [0.1, 0.15) is 0 Å². The lowest BCUT2D eigenvalue weighted by molar-refractivity contribution is 0.0601. The summed E-state index contributed by atoms with van der Waals surface area (Å²) in [7, 11) is 0. The van der Waals surface area contributed by atoms with Gasteiger partial charge in [-0.25, -0.2) is 0 Å². The maximum Gasteiger partial charge on any atom is 0.295 e. The third-order valence-electron chi connectivity index (χ3n) is 4.33. The number of rotatable bonds is 4. The minimum absolute atomic E-state index is 0.0880. The van der Waals surface area contributed by atoms with Crippen LogP contribution in [0.1, 0.15) is 55.5 Å². The van der Waals surface area contributed by atoms with Gasteiger partial charge in [-0.1, -0.05) is 12.1 Å². The Morgan fingerprint density at radius 2 is 2.10 bits per heavy atom. The Morgan fingerprint density at radius 1 is 1.40 bits per heavy atom. The summed E-state index contributed by atoms with van der Waals surface area (Å²) in [6.45, 7) is 4.56. The van der Waals surface area contributed by atoms with Crippen molar-refractivity contribution in [1.82, 2.24) is 20.4 Å². The number of hydrogen-bond donors (Lipinski definition) is 1. The number of aryl methyl sites for hydroxylation is 1. The zero-order chi connectivity index (χ0) is 14.1. The van der Waals surface area contributed by atoms with E-state index in [1.807, 2.05) is 4.90 Å². The number of piperidine rings is 1. The summed E-state index contributed by atoms with van der Waals surface area (Å²) in [4.78, 5) is 18.6. The summed E-state index contributed by atoms with van der Waals surface area (Å²) >= 11 is 0. The molecular weight excluding hydrogens is 256 g/mol. The molecule has 0 spiro atoms. The van der Waals surface area contributed by atoms with Crippen molar-refractivity contribution in [1.29, 1.82) is 0 Å². The molecule has 0 aliphatic carbocycles. The lowest BCUT2D eigenvalue weighted by atomic mass is 9.97. The van der Waals surface area contributed by atoms with Crippen molar-refractivity contribution in [2.45, 2.75) is 64.1 Å². The summed E-state index contributed by atoms with van der Waals surface area (Å²) in [5.41, 5.74) is 0. The number of nitrogens with zero attached hydrogens (tertiary/aromatic N) is 3. The summed E-state index contributed by atoms with van der Waals surface area (Å²) in [5, 5.41) is 7.39. The van der Waals surface area contributed by atoms with Gasteiger partial charge in [0.05, 0.1) is 0 Å². The molecule has 1 N–H and O–H groups in total. The zero-order valence-electron chi connectivity index (χ0n) is 12.1. The summed E-state index contributed by atoms with van der Waals surface area (Å²) in [5.74, 6) is 0.548. The third-order valence-corrected chi connectivity index (χ3v) is 4.33. The van der Waals surface area contributed by atoms with Gasteiger partial charge in [0.25, 0.3) is 11.7 Å². The highest BCUT2D eigenvalue weighted by Crippen LogP contribution is 2.30. The highest BCUT2D eigenvalue weighted by atomic mass is 16.5. The van der Waals surface area contributed by atoms with Gasteiger partial charge in [-0.3, -0.25) is 4.79 Å². The molecule has 6 nitrogen and oxygen atoms in total. The Bertz CT molecular complexity index is 475. The number of aromatic nitrogens is 2. The molecule has 2 fully saturated rings. The fourth-order valence-corrected chi connectivity index (χ4v) is 3.49. The van der Waals surface area contributed by atoms with Crippen LogP contribution >= 0.6 is 0 Å². The molecule has 2 atom stereocenters. The summed E-state index contributed by atoms with van der Waals surface area (Å²) < 4.78 is 4.93. The van der Waals surface area contributed by atoms with E-state index in [0.717, 1.165) is 25.8 Å². The Morgan fingerprint density at radius 3 is 2.65 bits per heavy atom. The van der Waals surface area contributed by atoms with Crippen molar-refractivity contribution in [2.24, 2.45) is 0 Å². The van der Waals surface area contributed by atoms with E-state index >= 15 is 0 Å². The van der Waals surface area contributed by atoms with Crippen molar-refractivity contribution >= 4 is 5.91 Å². The van der Waals surface area contributed by atoms with Crippen LogP contribution in [-0.2, 0) is 0 Å². The minimum atomic E-state index is -0.0880. The maximum absolute atomic E-state index is 12.6. The van der Waals surface area contributed by atoms with Crippen LogP contribution in [0, 0.1) is 6.92 Å². The number of nitrogens with one attached hydrogen (secondary N) is 1. The van der Waals surface area contributed by atoms with Crippen LogP contribution < -0.4 is 5.32 Å². The molecule has 3 heterocycles. The summed E-state index contributed by atoms with van der Waals surface area (Å²) in [6.07, 6.45) is 5.49. The predicted molar refractivity (Wildman–Crippen MR) is 73.3 cm³/mol. The second-order valence-electron chi connectivity index (χ2n) is 5.90. The van der Waals surface area contributed by atoms with E-state index in [9.17, 15) is 4.79 Å². The first-order chi connectivity index (χ1) is 9.67. The van der Waals surface area contributed by atoms with Crippen molar-refractivity contribution in [3.05, 3.63) is 11.7 Å².